The summed E-state index contributed by atoms with van der Waals surface area (Å²) in [5, 5.41) is 0. The Bertz CT molecular complexity index is 57.0. The molecule has 0 saturated carbocycles. The third-order valence-electron chi connectivity index (χ3n) is 0.600. The summed E-state index contributed by atoms with van der Waals surface area (Å²) >= 11 is 0. The summed E-state index contributed by atoms with van der Waals surface area (Å²) in [7, 11) is 0.987. The largest absolute Gasteiger partial charge is 2.00 e. The van der Waals surface area contributed by atoms with Gasteiger partial charge >= 0.3 is 23.1 Å². The molecule has 0 aromatic carbocycles. The zero-order valence-electron chi connectivity index (χ0n) is 6.08. The molecule has 0 aromatic heterocycles. The van der Waals surface area contributed by atoms with Gasteiger partial charge in [0.15, 0.2) is 0 Å². The van der Waals surface area contributed by atoms with Gasteiger partial charge in [-0.1, -0.05) is 12.1 Å². The Morgan fingerprint density at radius 2 is 2.00 bits per heavy atom. The van der Waals surface area contributed by atoms with E-state index < -0.39 is 0 Å². The minimum absolute atomic E-state index is 0. The molecule has 0 bridgehead atoms. The first kappa shape index (κ1) is 16.5. The third kappa shape index (κ3) is 17.6. The summed E-state index contributed by atoms with van der Waals surface area (Å²) in [4.78, 5) is 0. The number of allylic oxidation sites excluding steroid dienone is 1. The Kier molecular flexibility index (Phi) is 21.6. The quantitative estimate of drug-likeness (QED) is 0.275. The van der Waals surface area contributed by atoms with Crippen molar-refractivity contribution in [3.8, 4) is 0 Å². The van der Waals surface area contributed by atoms with Crippen LogP contribution >= 0.6 is 0 Å². The van der Waals surface area contributed by atoms with Crippen LogP contribution in [0, 0.1) is 5.54 Å². The van der Waals surface area contributed by atoms with Crippen molar-refractivity contribution in [3.63, 3.8) is 0 Å². The standard InChI is InChI=1S/C6H11Si.ClH.Mg/c1-4-5-7-6(2)3;;/h4H,1,5H2,2-3H3;1H;/q-1;;+2/p-1. The van der Waals surface area contributed by atoms with Crippen LogP contribution in [-0.4, -0.2) is 32.6 Å². The van der Waals surface area contributed by atoms with Crippen LogP contribution in [0.4, 0.5) is 0 Å². The van der Waals surface area contributed by atoms with Gasteiger partial charge in [-0.3, -0.25) is 0 Å². The molecule has 3 heteroatoms. The molecule has 0 nitrogen and oxygen atoms in total. The average Bonchev–Trinajstić information content (AvgIpc) is 1.61. The van der Waals surface area contributed by atoms with Gasteiger partial charge in [0.05, 0.1) is 0 Å². The van der Waals surface area contributed by atoms with E-state index in [1.165, 1.54) is 5.54 Å². The van der Waals surface area contributed by atoms with Gasteiger partial charge in [-0.25, -0.2) is 0 Å². The topological polar surface area (TPSA) is 0 Å². The van der Waals surface area contributed by atoms with Crippen LogP contribution in [0.25, 0.3) is 0 Å². The van der Waals surface area contributed by atoms with E-state index in [0.717, 1.165) is 15.6 Å². The van der Waals surface area contributed by atoms with Crippen LogP contribution in [0.3, 0.4) is 0 Å². The molecule has 48 valence electrons. The molecule has 0 aliphatic rings. The summed E-state index contributed by atoms with van der Waals surface area (Å²) in [6, 6.07) is 1.16. The van der Waals surface area contributed by atoms with Crippen molar-refractivity contribution in [1.82, 2.24) is 0 Å². The minimum atomic E-state index is 0. The van der Waals surface area contributed by atoms with E-state index in [2.05, 4.69) is 20.4 Å². The Morgan fingerprint density at radius 3 is 2.11 bits per heavy atom. The summed E-state index contributed by atoms with van der Waals surface area (Å²) in [6.45, 7) is 7.94. The Morgan fingerprint density at radius 1 is 1.56 bits per heavy atom. The summed E-state index contributed by atoms with van der Waals surface area (Å²) in [5.74, 6) is 0. The summed E-state index contributed by atoms with van der Waals surface area (Å²) in [5.41, 5.74) is 1.51. The van der Waals surface area contributed by atoms with Crippen molar-refractivity contribution >= 4 is 32.6 Å². The molecular weight excluding hydrogens is 160 g/mol. The number of halogens is 1. The first-order valence-electron chi connectivity index (χ1n) is 2.42. The predicted molar refractivity (Wildman–Crippen MR) is 41.1 cm³/mol. The van der Waals surface area contributed by atoms with E-state index in [0.29, 0.717) is 0 Å². The van der Waals surface area contributed by atoms with E-state index in [4.69, 9.17) is 0 Å². The molecule has 0 unspecified atom stereocenters. The van der Waals surface area contributed by atoms with E-state index >= 15 is 0 Å². The van der Waals surface area contributed by atoms with Gasteiger partial charge < -0.3 is 17.9 Å². The van der Waals surface area contributed by atoms with E-state index in [-0.39, 0.29) is 35.5 Å². The van der Waals surface area contributed by atoms with Crippen LogP contribution in [0.15, 0.2) is 12.7 Å². The number of rotatable bonds is 3. The zero-order chi connectivity index (χ0) is 5.70. The van der Waals surface area contributed by atoms with Crippen molar-refractivity contribution in [1.29, 1.82) is 0 Å². The average molecular weight is 171 g/mol. The van der Waals surface area contributed by atoms with Gasteiger partial charge in [-0.05, 0) is 0 Å². The first-order chi connectivity index (χ1) is 3.27. The molecular formula is C6H11ClMgSi. The maximum atomic E-state index is 3.63. The Balaban J connectivity index is -0.000000180. The van der Waals surface area contributed by atoms with Gasteiger partial charge in [-0.2, -0.15) is 23.4 Å². The predicted octanol–water partition coefficient (Wildman–Crippen LogP) is -1.51. The SMILES string of the molecule is C=CC[Si][C-](C)C.[Cl-].[Mg+2]. The van der Waals surface area contributed by atoms with Crippen molar-refractivity contribution < 1.29 is 12.4 Å². The fourth-order valence-corrected chi connectivity index (χ4v) is 0.829. The molecule has 0 N–H and O–H groups in total. The normalized spacial score (nSPS) is 7.44. The Labute approximate surface area is 82.9 Å². The molecule has 0 aliphatic carbocycles. The van der Waals surface area contributed by atoms with Crippen LogP contribution in [-0.2, 0) is 0 Å². The molecule has 0 heterocycles. The second-order valence-corrected chi connectivity index (χ2v) is 3.43. The van der Waals surface area contributed by atoms with Crippen molar-refractivity contribution in [2.45, 2.75) is 19.9 Å². The van der Waals surface area contributed by atoms with Gasteiger partial charge in [0, 0.05) is 0 Å². The number of hydrogen-bond donors (Lipinski definition) is 0. The molecule has 2 radical (unpaired) electrons. The van der Waals surface area contributed by atoms with Crippen molar-refractivity contribution in [3.05, 3.63) is 18.2 Å². The molecule has 0 spiro atoms. The van der Waals surface area contributed by atoms with Gasteiger partial charge in [0.25, 0.3) is 0 Å². The smallest absolute Gasteiger partial charge is 1.00 e. The maximum Gasteiger partial charge on any atom is 2.00 e. The van der Waals surface area contributed by atoms with Crippen LogP contribution in [0.1, 0.15) is 13.8 Å². The first-order valence-corrected chi connectivity index (χ1v) is 3.63. The van der Waals surface area contributed by atoms with E-state index in [1.54, 1.807) is 0 Å². The molecule has 9 heavy (non-hydrogen) atoms. The fraction of sp³-hybridized carbons (Fsp3) is 0.500. The molecule has 0 aliphatic heterocycles. The van der Waals surface area contributed by atoms with Gasteiger partial charge in [-0.15, -0.1) is 6.58 Å². The van der Waals surface area contributed by atoms with Gasteiger partial charge in [0.2, 0.25) is 0 Å². The third-order valence-corrected chi connectivity index (χ3v) is 1.80. The maximum absolute atomic E-state index is 3.63. The molecule has 0 saturated heterocycles. The monoisotopic (exact) mass is 170 g/mol. The second-order valence-electron chi connectivity index (χ2n) is 1.67. The van der Waals surface area contributed by atoms with Crippen LogP contribution < -0.4 is 12.4 Å². The van der Waals surface area contributed by atoms with E-state index in [1.807, 2.05) is 6.08 Å². The minimum Gasteiger partial charge on any atom is -1.00 e. The molecule has 0 atom stereocenters. The Hall–Kier alpha value is 1.01. The summed E-state index contributed by atoms with van der Waals surface area (Å²) in [6.07, 6.45) is 1.96. The van der Waals surface area contributed by atoms with Crippen molar-refractivity contribution in [2.75, 3.05) is 0 Å². The zero-order valence-corrected chi connectivity index (χ0v) is 9.25. The van der Waals surface area contributed by atoms with E-state index in [9.17, 15) is 0 Å². The summed E-state index contributed by atoms with van der Waals surface area (Å²) < 4.78 is 0. The number of hydrogen-bond acceptors (Lipinski definition) is 0. The molecule has 0 rings (SSSR count). The molecule has 0 amide bonds. The molecule has 0 aromatic rings. The molecule has 0 fully saturated rings. The second kappa shape index (κ2) is 11.8. The van der Waals surface area contributed by atoms with Crippen molar-refractivity contribution in [2.24, 2.45) is 0 Å². The van der Waals surface area contributed by atoms with Crippen LogP contribution in [0.5, 0.6) is 0 Å². The van der Waals surface area contributed by atoms with Gasteiger partial charge in [0.1, 0.15) is 0 Å². The fourth-order valence-electron chi connectivity index (χ4n) is 0.276. The van der Waals surface area contributed by atoms with Crippen LogP contribution in [0.2, 0.25) is 6.04 Å².